The molecule has 0 bridgehead atoms. The van der Waals surface area contributed by atoms with Crippen LogP contribution in [0.15, 0.2) is 29.8 Å². The first-order chi connectivity index (χ1) is 14.1. The fourth-order valence-electron chi connectivity index (χ4n) is 3.13. The van der Waals surface area contributed by atoms with Crippen LogP contribution in [0.25, 0.3) is 0 Å². The van der Waals surface area contributed by atoms with Gasteiger partial charge in [0, 0.05) is 56.2 Å². The van der Waals surface area contributed by atoms with Crippen molar-refractivity contribution < 1.29 is 9.18 Å². The summed E-state index contributed by atoms with van der Waals surface area (Å²) >= 11 is 3.01. The van der Waals surface area contributed by atoms with Crippen LogP contribution >= 0.6 is 22.9 Å². The lowest BCUT2D eigenvalue weighted by Gasteiger charge is -2.35. The van der Waals surface area contributed by atoms with E-state index in [-0.39, 0.29) is 5.69 Å². The van der Waals surface area contributed by atoms with E-state index in [0.29, 0.717) is 18.8 Å². The van der Waals surface area contributed by atoms with Crippen molar-refractivity contribution in [1.29, 1.82) is 0 Å². The molecule has 0 saturated carbocycles. The summed E-state index contributed by atoms with van der Waals surface area (Å²) in [6.45, 7) is 3.82. The molecule has 2 N–H and O–H groups in total. The SMILES string of the molecule is CNC(=O)c1ccc(N2CCN(Cc3cc(Nc4nccs4)ns3)CC2)c(F)n1. The zero-order valence-corrected chi connectivity index (χ0v) is 17.4. The van der Waals surface area contributed by atoms with E-state index in [4.69, 9.17) is 0 Å². The summed E-state index contributed by atoms with van der Waals surface area (Å²) in [5, 5.41) is 8.39. The molecule has 0 aliphatic carbocycles. The summed E-state index contributed by atoms with van der Waals surface area (Å²) < 4.78 is 18.8. The number of carbonyl (C=O) groups is 1. The van der Waals surface area contributed by atoms with Crippen molar-refractivity contribution >= 4 is 45.4 Å². The Morgan fingerprint density at radius 2 is 2.10 bits per heavy atom. The van der Waals surface area contributed by atoms with Gasteiger partial charge in [-0.1, -0.05) is 0 Å². The number of rotatable bonds is 6. The first-order valence-electron chi connectivity index (χ1n) is 9.10. The quantitative estimate of drug-likeness (QED) is 0.578. The molecule has 1 amide bonds. The molecule has 11 heteroatoms. The smallest absolute Gasteiger partial charge is 0.269 e. The van der Waals surface area contributed by atoms with E-state index < -0.39 is 11.9 Å². The number of nitrogens with one attached hydrogen (secondary N) is 2. The van der Waals surface area contributed by atoms with Crippen LogP contribution in [0.3, 0.4) is 0 Å². The van der Waals surface area contributed by atoms with Gasteiger partial charge in [-0.2, -0.15) is 8.76 Å². The Hall–Kier alpha value is -2.63. The molecule has 0 unspecified atom stereocenters. The van der Waals surface area contributed by atoms with Crippen molar-refractivity contribution in [1.82, 2.24) is 24.6 Å². The van der Waals surface area contributed by atoms with E-state index in [0.717, 1.165) is 30.6 Å². The topological polar surface area (TPSA) is 86.3 Å². The molecular formula is C18H20FN7OS2. The molecule has 152 valence electrons. The van der Waals surface area contributed by atoms with Crippen molar-refractivity contribution in [3.63, 3.8) is 0 Å². The van der Waals surface area contributed by atoms with Gasteiger partial charge in [0.05, 0.1) is 5.69 Å². The van der Waals surface area contributed by atoms with Crippen LogP contribution in [0.4, 0.5) is 21.0 Å². The van der Waals surface area contributed by atoms with Gasteiger partial charge in [-0.25, -0.2) is 9.97 Å². The Bertz CT molecular complexity index is 971. The third kappa shape index (κ3) is 4.69. The third-order valence-electron chi connectivity index (χ3n) is 4.61. The number of piperazine rings is 1. The van der Waals surface area contributed by atoms with Gasteiger partial charge in [-0.3, -0.25) is 9.69 Å². The summed E-state index contributed by atoms with van der Waals surface area (Å²) in [5.74, 6) is -0.198. The highest BCUT2D eigenvalue weighted by Gasteiger charge is 2.21. The average Bonchev–Trinajstić information content (AvgIpc) is 3.40. The molecule has 4 rings (SSSR count). The second-order valence-corrected chi connectivity index (χ2v) is 8.27. The highest BCUT2D eigenvalue weighted by molar-refractivity contribution is 7.13. The summed E-state index contributed by atoms with van der Waals surface area (Å²) in [6, 6.07) is 5.22. The van der Waals surface area contributed by atoms with E-state index in [9.17, 15) is 9.18 Å². The monoisotopic (exact) mass is 433 g/mol. The number of thiazole rings is 1. The molecule has 3 aromatic heterocycles. The number of amides is 1. The molecular weight excluding hydrogens is 413 g/mol. The number of nitrogens with zero attached hydrogens (tertiary/aromatic N) is 5. The van der Waals surface area contributed by atoms with Crippen molar-refractivity contribution in [2.45, 2.75) is 6.54 Å². The van der Waals surface area contributed by atoms with Crippen LogP contribution in [0.1, 0.15) is 15.4 Å². The minimum atomic E-state index is -0.611. The molecule has 0 atom stereocenters. The van der Waals surface area contributed by atoms with Crippen LogP contribution < -0.4 is 15.5 Å². The van der Waals surface area contributed by atoms with Crippen LogP contribution in [-0.2, 0) is 6.54 Å². The number of hydrogen-bond donors (Lipinski definition) is 2. The van der Waals surface area contributed by atoms with Crippen molar-refractivity contribution in [3.05, 3.63) is 46.3 Å². The Morgan fingerprint density at radius 1 is 1.28 bits per heavy atom. The molecule has 0 aromatic carbocycles. The van der Waals surface area contributed by atoms with Gasteiger partial charge in [0.1, 0.15) is 11.5 Å². The fourth-order valence-corrected chi connectivity index (χ4v) is 4.38. The van der Waals surface area contributed by atoms with Crippen LogP contribution in [0.2, 0.25) is 0 Å². The summed E-state index contributed by atoms with van der Waals surface area (Å²) in [6.07, 6.45) is 1.75. The number of aromatic nitrogens is 3. The molecule has 1 aliphatic rings. The zero-order chi connectivity index (χ0) is 20.2. The molecule has 1 fully saturated rings. The second kappa shape index (κ2) is 8.80. The second-order valence-electron chi connectivity index (χ2n) is 6.49. The van der Waals surface area contributed by atoms with E-state index >= 15 is 0 Å². The molecule has 29 heavy (non-hydrogen) atoms. The van der Waals surface area contributed by atoms with Crippen LogP contribution in [0.5, 0.6) is 0 Å². The fraction of sp³-hybridized carbons (Fsp3) is 0.333. The molecule has 3 aromatic rings. The lowest BCUT2D eigenvalue weighted by molar-refractivity contribution is 0.0957. The standard InChI is InChI=1S/C18H20FN7OS2/c1-20-17(27)13-2-3-14(16(19)22-13)26-7-5-25(6-8-26)11-12-10-15(24-29-12)23-18-21-4-9-28-18/h2-4,9-10H,5-8,11H2,1H3,(H,20,27)(H,21,23,24). The van der Waals surface area contributed by atoms with Gasteiger partial charge >= 0.3 is 0 Å². The van der Waals surface area contributed by atoms with Gasteiger partial charge in [0.15, 0.2) is 5.13 Å². The predicted octanol–water partition coefficient (Wildman–Crippen LogP) is 2.56. The molecule has 4 heterocycles. The van der Waals surface area contributed by atoms with Crippen LogP contribution in [-0.4, -0.2) is 58.4 Å². The van der Waals surface area contributed by atoms with Crippen molar-refractivity contribution in [3.8, 4) is 0 Å². The summed E-state index contributed by atoms with van der Waals surface area (Å²) in [4.78, 5) is 25.0. The average molecular weight is 434 g/mol. The minimum Gasteiger partial charge on any atom is -0.365 e. The number of pyridine rings is 1. The zero-order valence-electron chi connectivity index (χ0n) is 15.8. The molecule has 1 saturated heterocycles. The Morgan fingerprint density at radius 3 is 2.79 bits per heavy atom. The van der Waals surface area contributed by atoms with Gasteiger partial charge in [0.25, 0.3) is 5.91 Å². The maximum absolute atomic E-state index is 14.4. The maximum atomic E-state index is 14.4. The largest absolute Gasteiger partial charge is 0.365 e. The van der Waals surface area contributed by atoms with Crippen LogP contribution in [0, 0.1) is 5.95 Å². The number of halogens is 1. The molecule has 8 nitrogen and oxygen atoms in total. The number of anilines is 3. The van der Waals surface area contributed by atoms with Gasteiger partial charge in [-0.05, 0) is 29.7 Å². The third-order valence-corrected chi connectivity index (χ3v) is 6.07. The van der Waals surface area contributed by atoms with E-state index in [2.05, 4.69) is 29.9 Å². The molecule has 1 aliphatic heterocycles. The van der Waals surface area contributed by atoms with E-state index in [1.165, 1.54) is 34.8 Å². The highest BCUT2D eigenvalue weighted by atomic mass is 32.1. The first kappa shape index (κ1) is 19.7. The van der Waals surface area contributed by atoms with Crippen molar-refractivity contribution in [2.24, 2.45) is 0 Å². The van der Waals surface area contributed by atoms with Gasteiger partial charge in [0.2, 0.25) is 5.95 Å². The Labute approximate surface area is 175 Å². The number of carbonyl (C=O) groups excluding carboxylic acids is 1. The lowest BCUT2D eigenvalue weighted by Crippen LogP contribution is -2.46. The minimum absolute atomic E-state index is 0.0831. The normalized spacial score (nSPS) is 14.8. The summed E-state index contributed by atoms with van der Waals surface area (Å²) in [7, 11) is 1.50. The van der Waals surface area contributed by atoms with Crippen molar-refractivity contribution in [2.75, 3.05) is 43.4 Å². The Balaban J connectivity index is 1.32. The van der Waals surface area contributed by atoms with Gasteiger partial charge < -0.3 is 15.5 Å². The van der Waals surface area contributed by atoms with Gasteiger partial charge in [-0.15, -0.1) is 11.3 Å². The number of hydrogen-bond acceptors (Lipinski definition) is 9. The lowest BCUT2D eigenvalue weighted by atomic mass is 10.2. The highest BCUT2D eigenvalue weighted by Crippen LogP contribution is 2.24. The van der Waals surface area contributed by atoms with E-state index in [1.807, 2.05) is 16.3 Å². The first-order valence-corrected chi connectivity index (χ1v) is 10.8. The summed E-state index contributed by atoms with van der Waals surface area (Å²) in [5.41, 5.74) is 0.518. The Kier molecular flexibility index (Phi) is 5.97. The molecule has 0 spiro atoms. The van der Waals surface area contributed by atoms with E-state index in [1.54, 1.807) is 18.3 Å². The predicted molar refractivity (Wildman–Crippen MR) is 113 cm³/mol. The molecule has 0 radical (unpaired) electrons. The maximum Gasteiger partial charge on any atom is 0.269 e.